The quantitative estimate of drug-likeness (QED) is 0.358. The zero-order chi connectivity index (χ0) is 19.8. The summed E-state index contributed by atoms with van der Waals surface area (Å²) in [7, 11) is 0. The molecule has 0 aromatic heterocycles. The molecule has 0 amide bonds. The summed E-state index contributed by atoms with van der Waals surface area (Å²) in [4.78, 5) is 0. The van der Waals surface area contributed by atoms with E-state index in [0.29, 0.717) is 17.8 Å². The highest BCUT2D eigenvalue weighted by Gasteiger charge is 2.21. The second-order valence-electron chi connectivity index (χ2n) is 8.25. The molecule has 0 aliphatic carbocycles. The molecular weight excluding hydrogens is 336 g/mol. The second-order valence-corrected chi connectivity index (χ2v) is 8.25. The summed E-state index contributed by atoms with van der Waals surface area (Å²) in [6.45, 7) is 9.09. The third-order valence-corrected chi connectivity index (χ3v) is 5.54. The van der Waals surface area contributed by atoms with E-state index >= 15 is 0 Å². The SMILES string of the molecule is C=C(CC(CC(CC(C)C)c1ccccc1)c1ccccc1)c1ccccc1. The highest BCUT2D eigenvalue weighted by Crippen LogP contribution is 2.38. The van der Waals surface area contributed by atoms with Crippen molar-refractivity contribution in [3.05, 3.63) is 114 Å². The molecule has 2 unspecified atom stereocenters. The molecule has 0 radical (unpaired) electrons. The van der Waals surface area contributed by atoms with Crippen LogP contribution in [0.1, 0.15) is 61.6 Å². The van der Waals surface area contributed by atoms with E-state index in [1.807, 2.05) is 0 Å². The molecule has 0 spiro atoms. The highest BCUT2D eigenvalue weighted by atomic mass is 14.3. The summed E-state index contributed by atoms with van der Waals surface area (Å²) in [5.74, 6) is 1.71. The van der Waals surface area contributed by atoms with Crippen LogP contribution in [0.4, 0.5) is 0 Å². The molecule has 0 aliphatic heterocycles. The predicted octanol–water partition coefficient (Wildman–Crippen LogP) is 8.09. The summed E-state index contributed by atoms with van der Waals surface area (Å²) in [6, 6.07) is 32.6. The first-order valence-electron chi connectivity index (χ1n) is 10.5. The van der Waals surface area contributed by atoms with Crippen LogP contribution in [-0.2, 0) is 0 Å². The maximum atomic E-state index is 4.43. The third kappa shape index (κ3) is 5.70. The van der Waals surface area contributed by atoms with Crippen LogP contribution in [-0.4, -0.2) is 0 Å². The van der Waals surface area contributed by atoms with Crippen LogP contribution in [0.3, 0.4) is 0 Å². The van der Waals surface area contributed by atoms with Crippen LogP contribution in [0.25, 0.3) is 5.57 Å². The van der Waals surface area contributed by atoms with Crippen molar-refractivity contribution < 1.29 is 0 Å². The summed E-state index contributed by atoms with van der Waals surface area (Å²) in [6.07, 6.45) is 3.36. The van der Waals surface area contributed by atoms with Crippen molar-refractivity contribution >= 4 is 5.57 Å². The lowest BCUT2D eigenvalue weighted by Crippen LogP contribution is -2.10. The summed E-state index contributed by atoms with van der Waals surface area (Å²) < 4.78 is 0. The molecule has 0 nitrogen and oxygen atoms in total. The monoisotopic (exact) mass is 368 g/mol. The molecule has 0 fully saturated rings. The zero-order valence-electron chi connectivity index (χ0n) is 17.2. The highest BCUT2D eigenvalue weighted by molar-refractivity contribution is 5.64. The van der Waals surface area contributed by atoms with Crippen LogP contribution in [0, 0.1) is 5.92 Å². The molecule has 0 saturated heterocycles. The molecule has 3 aromatic rings. The van der Waals surface area contributed by atoms with Crippen molar-refractivity contribution in [1.29, 1.82) is 0 Å². The van der Waals surface area contributed by atoms with Gasteiger partial charge in [0.2, 0.25) is 0 Å². The molecule has 144 valence electrons. The molecule has 3 aromatic carbocycles. The Labute approximate surface area is 171 Å². The van der Waals surface area contributed by atoms with Gasteiger partial charge in [-0.05, 0) is 59.3 Å². The maximum Gasteiger partial charge on any atom is -0.0116 e. The number of allylic oxidation sites excluding steroid dienone is 1. The van der Waals surface area contributed by atoms with Crippen LogP contribution < -0.4 is 0 Å². The Hall–Kier alpha value is -2.60. The van der Waals surface area contributed by atoms with Crippen molar-refractivity contribution in [2.24, 2.45) is 5.92 Å². The van der Waals surface area contributed by atoms with Gasteiger partial charge in [0.25, 0.3) is 0 Å². The van der Waals surface area contributed by atoms with Crippen molar-refractivity contribution in [3.63, 3.8) is 0 Å². The lowest BCUT2D eigenvalue weighted by atomic mass is 9.78. The van der Waals surface area contributed by atoms with Gasteiger partial charge in [-0.2, -0.15) is 0 Å². The fraction of sp³-hybridized carbons (Fsp3) is 0.286. The largest absolute Gasteiger partial charge is 0.0952 e. The zero-order valence-corrected chi connectivity index (χ0v) is 17.2. The Morgan fingerprint density at radius 1 is 0.643 bits per heavy atom. The van der Waals surface area contributed by atoms with Gasteiger partial charge in [-0.3, -0.25) is 0 Å². The van der Waals surface area contributed by atoms with Crippen LogP contribution >= 0.6 is 0 Å². The molecule has 2 atom stereocenters. The topological polar surface area (TPSA) is 0 Å². The van der Waals surface area contributed by atoms with E-state index in [-0.39, 0.29) is 0 Å². The van der Waals surface area contributed by atoms with Crippen molar-refractivity contribution in [2.75, 3.05) is 0 Å². The summed E-state index contributed by atoms with van der Waals surface area (Å²) in [5.41, 5.74) is 5.36. The number of hydrogen-bond acceptors (Lipinski definition) is 0. The van der Waals surface area contributed by atoms with Gasteiger partial charge >= 0.3 is 0 Å². The lowest BCUT2D eigenvalue weighted by molar-refractivity contribution is 0.443. The van der Waals surface area contributed by atoms with Gasteiger partial charge in [0.1, 0.15) is 0 Å². The minimum absolute atomic E-state index is 0.470. The third-order valence-electron chi connectivity index (χ3n) is 5.54. The van der Waals surface area contributed by atoms with Gasteiger partial charge < -0.3 is 0 Å². The molecule has 0 heteroatoms. The number of benzene rings is 3. The fourth-order valence-electron chi connectivity index (χ4n) is 4.16. The van der Waals surface area contributed by atoms with E-state index in [4.69, 9.17) is 0 Å². The smallest absolute Gasteiger partial charge is 0.0116 e. The second kappa shape index (κ2) is 10.1. The average molecular weight is 369 g/mol. The summed E-state index contributed by atoms with van der Waals surface area (Å²) in [5, 5.41) is 0. The minimum Gasteiger partial charge on any atom is -0.0952 e. The van der Waals surface area contributed by atoms with Gasteiger partial charge in [0.05, 0.1) is 0 Å². The van der Waals surface area contributed by atoms with Gasteiger partial charge in [0.15, 0.2) is 0 Å². The van der Waals surface area contributed by atoms with E-state index in [0.717, 1.165) is 12.8 Å². The Morgan fingerprint density at radius 2 is 1.11 bits per heavy atom. The van der Waals surface area contributed by atoms with Crippen molar-refractivity contribution in [1.82, 2.24) is 0 Å². The number of hydrogen-bond donors (Lipinski definition) is 0. The average Bonchev–Trinajstić information content (AvgIpc) is 2.74. The minimum atomic E-state index is 0.470. The molecule has 0 bridgehead atoms. The predicted molar refractivity (Wildman–Crippen MR) is 123 cm³/mol. The van der Waals surface area contributed by atoms with Crippen LogP contribution in [0.5, 0.6) is 0 Å². The van der Waals surface area contributed by atoms with E-state index in [1.54, 1.807) is 0 Å². The standard InChI is InChI=1S/C28H32/c1-22(2)19-27(25-15-9-5-10-16-25)21-28(26-17-11-6-12-18-26)20-23(3)24-13-7-4-8-14-24/h4-18,22,27-28H,3,19-21H2,1-2H3. The first-order valence-corrected chi connectivity index (χ1v) is 10.5. The van der Waals surface area contributed by atoms with Gasteiger partial charge in [-0.1, -0.05) is 111 Å². The number of rotatable bonds is 9. The molecule has 3 rings (SSSR count). The molecule has 28 heavy (non-hydrogen) atoms. The Kier molecular flexibility index (Phi) is 7.25. The molecule has 0 aliphatic rings. The maximum absolute atomic E-state index is 4.43. The van der Waals surface area contributed by atoms with Gasteiger partial charge in [0, 0.05) is 0 Å². The fourth-order valence-corrected chi connectivity index (χ4v) is 4.16. The first-order chi connectivity index (χ1) is 13.6. The van der Waals surface area contributed by atoms with E-state index in [2.05, 4.69) is 111 Å². The molecular formula is C28H32. The molecule has 0 heterocycles. The summed E-state index contributed by atoms with van der Waals surface area (Å²) >= 11 is 0. The molecule has 0 N–H and O–H groups in total. The van der Waals surface area contributed by atoms with E-state index in [1.165, 1.54) is 28.7 Å². The Bertz CT molecular complexity index is 831. The normalized spacial score (nSPS) is 13.2. The van der Waals surface area contributed by atoms with E-state index < -0.39 is 0 Å². The van der Waals surface area contributed by atoms with Crippen molar-refractivity contribution in [3.8, 4) is 0 Å². The van der Waals surface area contributed by atoms with Crippen LogP contribution in [0.2, 0.25) is 0 Å². The molecule has 0 saturated carbocycles. The van der Waals surface area contributed by atoms with Crippen molar-refractivity contribution in [2.45, 2.75) is 44.9 Å². The Morgan fingerprint density at radius 3 is 1.61 bits per heavy atom. The van der Waals surface area contributed by atoms with Crippen LogP contribution in [0.15, 0.2) is 97.6 Å². The van der Waals surface area contributed by atoms with Gasteiger partial charge in [-0.25, -0.2) is 0 Å². The van der Waals surface area contributed by atoms with Gasteiger partial charge in [-0.15, -0.1) is 0 Å². The van der Waals surface area contributed by atoms with E-state index in [9.17, 15) is 0 Å². The lowest BCUT2D eigenvalue weighted by Gasteiger charge is -2.27. The Balaban J connectivity index is 1.86. The first kappa shape index (κ1) is 20.1.